The van der Waals surface area contributed by atoms with Gasteiger partial charge < -0.3 is 25.0 Å². The van der Waals surface area contributed by atoms with Gasteiger partial charge in [0.1, 0.15) is 13.2 Å². The zero-order valence-corrected chi connectivity index (χ0v) is 9.96. The number of carbonyl (C=O) groups is 2. The number of carboxylic acids is 1. The van der Waals surface area contributed by atoms with Crippen LogP contribution in [-0.4, -0.2) is 48.0 Å². The molecule has 1 atom stereocenters. The fourth-order valence-corrected chi connectivity index (χ4v) is 1.56. The largest absolute Gasteiger partial charge is 0.486 e. The Bertz CT molecular complexity index is 501. The zero-order chi connectivity index (χ0) is 13.8. The Morgan fingerprint density at radius 2 is 1.95 bits per heavy atom. The van der Waals surface area contributed by atoms with Gasteiger partial charge in [0.2, 0.25) is 0 Å². The summed E-state index contributed by atoms with van der Waals surface area (Å²) >= 11 is 0. The van der Waals surface area contributed by atoms with Gasteiger partial charge in [0, 0.05) is 5.56 Å². The van der Waals surface area contributed by atoms with Crippen molar-refractivity contribution >= 4 is 11.9 Å². The van der Waals surface area contributed by atoms with E-state index in [4.69, 9.17) is 19.7 Å². The molecule has 0 saturated carbocycles. The van der Waals surface area contributed by atoms with Crippen LogP contribution in [0.5, 0.6) is 11.5 Å². The van der Waals surface area contributed by atoms with Crippen molar-refractivity contribution < 1.29 is 29.3 Å². The van der Waals surface area contributed by atoms with Crippen molar-refractivity contribution in [3.8, 4) is 11.5 Å². The lowest BCUT2D eigenvalue weighted by Gasteiger charge is -2.18. The van der Waals surface area contributed by atoms with Gasteiger partial charge in [-0.05, 0) is 18.2 Å². The molecule has 1 aliphatic heterocycles. The highest BCUT2D eigenvalue weighted by molar-refractivity contribution is 5.95. The second-order valence-electron chi connectivity index (χ2n) is 3.92. The Morgan fingerprint density at radius 1 is 1.26 bits per heavy atom. The predicted octanol–water partition coefficient (Wildman–Crippen LogP) is -0.367. The number of rotatable bonds is 4. The van der Waals surface area contributed by atoms with Gasteiger partial charge in [-0.1, -0.05) is 0 Å². The fourth-order valence-electron chi connectivity index (χ4n) is 1.56. The minimum atomic E-state index is -1.62. The van der Waals surface area contributed by atoms with Gasteiger partial charge in [0.05, 0.1) is 6.54 Å². The number of ether oxygens (including phenoxy) is 2. The van der Waals surface area contributed by atoms with E-state index >= 15 is 0 Å². The van der Waals surface area contributed by atoms with Crippen LogP contribution < -0.4 is 14.8 Å². The van der Waals surface area contributed by atoms with Crippen LogP contribution in [0, 0.1) is 0 Å². The standard InChI is InChI=1S/C12H13NO6/c14-8(12(16)17)6-13-11(15)7-1-2-9-10(5-7)19-4-3-18-9/h1-2,5,8,14H,3-4,6H2,(H,13,15)(H,16,17). The molecule has 19 heavy (non-hydrogen) atoms. The lowest BCUT2D eigenvalue weighted by atomic mass is 10.1. The van der Waals surface area contributed by atoms with Gasteiger partial charge in [-0.15, -0.1) is 0 Å². The highest BCUT2D eigenvalue weighted by Gasteiger charge is 2.17. The molecular weight excluding hydrogens is 254 g/mol. The number of benzene rings is 1. The molecule has 1 unspecified atom stereocenters. The smallest absolute Gasteiger partial charge is 0.334 e. The monoisotopic (exact) mass is 267 g/mol. The SMILES string of the molecule is O=C(NCC(O)C(=O)O)c1ccc2c(c1)OCCO2. The number of hydrogen-bond donors (Lipinski definition) is 3. The molecule has 7 heteroatoms. The van der Waals surface area contributed by atoms with Gasteiger partial charge in [-0.3, -0.25) is 4.79 Å². The number of aliphatic hydroxyl groups is 1. The lowest BCUT2D eigenvalue weighted by molar-refractivity contribution is -0.146. The first-order valence-corrected chi connectivity index (χ1v) is 5.66. The average molecular weight is 267 g/mol. The van der Waals surface area contributed by atoms with E-state index in [-0.39, 0.29) is 6.54 Å². The van der Waals surface area contributed by atoms with E-state index in [1.807, 2.05) is 0 Å². The Labute approximate surface area is 108 Å². The number of amides is 1. The third kappa shape index (κ3) is 3.14. The van der Waals surface area contributed by atoms with Crippen LogP contribution in [0.4, 0.5) is 0 Å². The highest BCUT2D eigenvalue weighted by Crippen LogP contribution is 2.30. The van der Waals surface area contributed by atoms with E-state index in [0.717, 1.165) is 0 Å². The van der Waals surface area contributed by atoms with Gasteiger partial charge in [0.25, 0.3) is 5.91 Å². The van der Waals surface area contributed by atoms with E-state index in [2.05, 4.69) is 5.32 Å². The van der Waals surface area contributed by atoms with E-state index in [1.54, 1.807) is 6.07 Å². The molecule has 1 aromatic rings. The van der Waals surface area contributed by atoms with E-state index in [1.165, 1.54) is 12.1 Å². The minimum absolute atomic E-state index is 0.307. The Kier molecular flexibility index (Phi) is 3.86. The highest BCUT2D eigenvalue weighted by atomic mass is 16.6. The van der Waals surface area contributed by atoms with Crippen molar-refractivity contribution in [3.05, 3.63) is 23.8 Å². The normalized spacial score (nSPS) is 14.6. The summed E-state index contributed by atoms with van der Waals surface area (Å²) in [5.74, 6) is -0.842. The van der Waals surface area contributed by atoms with Crippen LogP contribution in [0.25, 0.3) is 0 Å². The maximum atomic E-state index is 11.7. The molecule has 0 fully saturated rings. The Hall–Kier alpha value is -2.28. The number of aliphatic hydroxyl groups excluding tert-OH is 1. The van der Waals surface area contributed by atoms with Crippen LogP contribution in [0.1, 0.15) is 10.4 Å². The molecule has 102 valence electrons. The van der Waals surface area contributed by atoms with Crippen LogP contribution >= 0.6 is 0 Å². The van der Waals surface area contributed by atoms with Crippen LogP contribution in [0.3, 0.4) is 0 Å². The van der Waals surface area contributed by atoms with Crippen molar-refractivity contribution in [2.75, 3.05) is 19.8 Å². The Balaban J connectivity index is 2.01. The van der Waals surface area contributed by atoms with Crippen LogP contribution in [0.15, 0.2) is 18.2 Å². The fraction of sp³-hybridized carbons (Fsp3) is 0.333. The summed E-state index contributed by atoms with van der Waals surface area (Å²) in [4.78, 5) is 22.1. The first kappa shape index (κ1) is 13.2. The third-order valence-corrected chi connectivity index (χ3v) is 2.55. The summed E-state index contributed by atoms with van der Waals surface area (Å²) in [5, 5.41) is 19.9. The first-order chi connectivity index (χ1) is 9.08. The molecule has 3 N–H and O–H groups in total. The van der Waals surface area contributed by atoms with Gasteiger partial charge in [0.15, 0.2) is 17.6 Å². The number of carbonyl (C=O) groups excluding carboxylic acids is 1. The molecule has 1 aliphatic rings. The molecule has 7 nitrogen and oxygen atoms in total. The van der Waals surface area contributed by atoms with Crippen molar-refractivity contribution in [3.63, 3.8) is 0 Å². The molecule has 1 heterocycles. The summed E-state index contributed by atoms with van der Waals surface area (Å²) in [6, 6.07) is 4.66. The average Bonchev–Trinajstić information content (AvgIpc) is 2.43. The summed E-state index contributed by atoms with van der Waals surface area (Å²) in [5.41, 5.74) is 0.307. The minimum Gasteiger partial charge on any atom is -0.486 e. The maximum absolute atomic E-state index is 11.7. The number of fused-ring (bicyclic) bond motifs is 1. The van der Waals surface area contributed by atoms with Gasteiger partial charge in [-0.25, -0.2) is 4.79 Å². The van der Waals surface area contributed by atoms with Crippen LogP contribution in [-0.2, 0) is 4.79 Å². The predicted molar refractivity (Wildman–Crippen MR) is 63.4 cm³/mol. The van der Waals surface area contributed by atoms with E-state index in [9.17, 15) is 9.59 Å². The van der Waals surface area contributed by atoms with Gasteiger partial charge >= 0.3 is 5.97 Å². The Morgan fingerprint density at radius 3 is 2.63 bits per heavy atom. The molecule has 1 aromatic carbocycles. The summed E-state index contributed by atoms with van der Waals surface area (Å²) in [6.07, 6.45) is -1.62. The first-order valence-electron chi connectivity index (χ1n) is 5.66. The number of nitrogens with one attached hydrogen (secondary N) is 1. The second-order valence-corrected chi connectivity index (χ2v) is 3.92. The second kappa shape index (κ2) is 5.57. The quantitative estimate of drug-likeness (QED) is 0.687. The summed E-state index contributed by atoms with van der Waals surface area (Å²) in [7, 11) is 0. The molecule has 0 radical (unpaired) electrons. The van der Waals surface area contributed by atoms with E-state index < -0.39 is 18.0 Å². The molecule has 0 spiro atoms. The van der Waals surface area contributed by atoms with Gasteiger partial charge in [-0.2, -0.15) is 0 Å². The third-order valence-electron chi connectivity index (χ3n) is 2.55. The van der Waals surface area contributed by atoms with Crippen LogP contribution in [0.2, 0.25) is 0 Å². The van der Waals surface area contributed by atoms with Crippen molar-refractivity contribution in [2.24, 2.45) is 0 Å². The molecule has 0 saturated heterocycles. The maximum Gasteiger partial charge on any atom is 0.334 e. The van der Waals surface area contributed by atoms with Crippen molar-refractivity contribution in [1.82, 2.24) is 5.32 Å². The molecular formula is C12H13NO6. The van der Waals surface area contributed by atoms with Crippen molar-refractivity contribution in [1.29, 1.82) is 0 Å². The summed E-state index contributed by atoms with van der Waals surface area (Å²) in [6.45, 7) is 0.516. The number of aliphatic carboxylic acids is 1. The molecule has 0 bridgehead atoms. The molecule has 1 amide bonds. The van der Waals surface area contributed by atoms with Crippen molar-refractivity contribution in [2.45, 2.75) is 6.10 Å². The lowest BCUT2D eigenvalue weighted by Crippen LogP contribution is -2.36. The molecule has 2 rings (SSSR count). The summed E-state index contributed by atoms with van der Waals surface area (Å²) < 4.78 is 10.6. The topological polar surface area (TPSA) is 105 Å². The molecule has 0 aliphatic carbocycles. The molecule has 0 aromatic heterocycles. The number of carboxylic acid groups (broad SMARTS) is 1. The van der Waals surface area contributed by atoms with E-state index in [0.29, 0.717) is 30.3 Å². The zero-order valence-electron chi connectivity index (χ0n) is 9.96. The number of hydrogen-bond acceptors (Lipinski definition) is 5.